The summed E-state index contributed by atoms with van der Waals surface area (Å²) in [7, 11) is 0. The molecule has 1 heterocycles. The Hall–Kier alpha value is -1.30. The van der Waals surface area contributed by atoms with Gasteiger partial charge in [-0.3, -0.25) is 0 Å². The summed E-state index contributed by atoms with van der Waals surface area (Å²) in [6, 6.07) is -0.444. The molecule has 0 aromatic carbocycles. The molecule has 0 bridgehead atoms. The van der Waals surface area contributed by atoms with Crippen LogP contribution in [0.25, 0.3) is 0 Å². The smallest absolute Gasteiger partial charge is 0.329 e. The quantitative estimate of drug-likeness (QED) is 0.685. The lowest BCUT2D eigenvalue weighted by molar-refractivity contribution is -0.143. The molecule has 1 rings (SSSR count). The third-order valence-electron chi connectivity index (χ3n) is 3.63. The van der Waals surface area contributed by atoms with Crippen LogP contribution >= 0.6 is 0 Å². The number of carboxylic acids is 1. The first-order chi connectivity index (χ1) is 8.39. The summed E-state index contributed by atoms with van der Waals surface area (Å²) < 4.78 is 5.39. The number of hydrogen-bond acceptors (Lipinski definition) is 3. The number of urea groups is 1. The van der Waals surface area contributed by atoms with Gasteiger partial charge < -0.3 is 20.5 Å². The summed E-state index contributed by atoms with van der Waals surface area (Å²) in [4.78, 5) is 22.7. The molecule has 0 aliphatic carbocycles. The number of carboxylic acid groups (broad SMARTS) is 1. The van der Waals surface area contributed by atoms with Gasteiger partial charge in [0.15, 0.2) is 0 Å². The van der Waals surface area contributed by atoms with Gasteiger partial charge in [0.25, 0.3) is 0 Å². The average Bonchev–Trinajstić information content (AvgIpc) is 2.72. The number of nitrogens with one attached hydrogen (secondary N) is 2. The van der Waals surface area contributed by atoms with Crippen molar-refractivity contribution in [3.63, 3.8) is 0 Å². The van der Waals surface area contributed by atoms with Gasteiger partial charge in [-0.05, 0) is 26.7 Å². The zero-order chi connectivity index (χ0) is 13.8. The van der Waals surface area contributed by atoms with E-state index in [-0.39, 0.29) is 6.10 Å². The highest BCUT2D eigenvalue weighted by Crippen LogP contribution is 2.19. The van der Waals surface area contributed by atoms with Crippen molar-refractivity contribution in [2.45, 2.75) is 45.3 Å². The van der Waals surface area contributed by atoms with E-state index in [1.165, 1.54) is 6.92 Å². The lowest BCUT2D eigenvalue weighted by Gasteiger charge is -2.25. The van der Waals surface area contributed by atoms with E-state index in [1.807, 2.05) is 6.92 Å². The number of carbonyl (C=O) groups excluding carboxylic acids is 1. The van der Waals surface area contributed by atoms with Crippen LogP contribution < -0.4 is 10.6 Å². The zero-order valence-corrected chi connectivity index (χ0v) is 11.2. The molecule has 0 saturated carbocycles. The van der Waals surface area contributed by atoms with Gasteiger partial charge in [-0.2, -0.15) is 0 Å². The zero-order valence-electron chi connectivity index (χ0n) is 11.2. The molecule has 1 aliphatic heterocycles. The Morgan fingerprint density at radius 2 is 2.17 bits per heavy atom. The van der Waals surface area contributed by atoms with Gasteiger partial charge in [0.05, 0.1) is 6.10 Å². The first-order valence-electron chi connectivity index (χ1n) is 6.30. The van der Waals surface area contributed by atoms with Gasteiger partial charge in [0.1, 0.15) is 5.54 Å². The molecule has 3 unspecified atom stereocenters. The largest absolute Gasteiger partial charge is 0.480 e. The third-order valence-corrected chi connectivity index (χ3v) is 3.63. The summed E-state index contributed by atoms with van der Waals surface area (Å²) in [5.74, 6) is -0.730. The highest BCUT2D eigenvalue weighted by atomic mass is 16.5. The maximum atomic E-state index is 11.7. The summed E-state index contributed by atoms with van der Waals surface area (Å²) >= 11 is 0. The molecule has 0 radical (unpaired) electrons. The SMILES string of the molecule is CCC(C)(NC(=O)NCC1CCOC1C)C(=O)O. The molecule has 18 heavy (non-hydrogen) atoms. The average molecular weight is 258 g/mol. The number of amides is 2. The Kier molecular flexibility index (Phi) is 4.95. The summed E-state index contributed by atoms with van der Waals surface area (Å²) in [6.45, 7) is 6.42. The van der Waals surface area contributed by atoms with Crippen LogP contribution in [0.4, 0.5) is 4.79 Å². The first kappa shape index (κ1) is 14.8. The van der Waals surface area contributed by atoms with Crippen LogP contribution in [-0.2, 0) is 9.53 Å². The maximum absolute atomic E-state index is 11.7. The molecule has 1 aliphatic rings. The van der Waals surface area contributed by atoms with E-state index < -0.39 is 17.5 Å². The highest BCUT2D eigenvalue weighted by Gasteiger charge is 2.33. The van der Waals surface area contributed by atoms with Crippen LogP contribution in [0.5, 0.6) is 0 Å². The highest BCUT2D eigenvalue weighted by molar-refractivity contribution is 5.85. The fraction of sp³-hybridized carbons (Fsp3) is 0.833. The molecule has 2 amide bonds. The van der Waals surface area contributed by atoms with E-state index in [9.17, 15) is 9.59 Å². The summed E-state index contributed by atoms with van der Waals surface area (Å²) in [6.07, 6.45) is 1.40. The van der Waals surface area contributed by atoms with Crippen molar-refractivity contribution in [3.8, 4) is 0 Å². The number of rotatable bonds is 5. The molecular weight excluding hydrogens is 236 g/mol. The van der Waals surface area contributed by atoms with Crippen molar-refractivity contribution in [3.05, 3.63) is 0 Å². The second-order valence-electron chi connectivity index (χ2n) is 4.95. The van der Waals surface area contributed by atoms with Crippen molar-refractivity contribution >= 4 is 12.0 Å². The van der Waals surface area contributed by atoms with Gasteiger partial charge in [0, 0.05) is 19.1 Å². The van der Waals surface area contributed by atoms with E-state index in [4.69, 9.17) is 9.84 Å². The lowest BCUT2D eigenvalue weighted by Crippen LogP contribution is -2.55. The number of aliphatic carboxylic acids is 1. The minimum absolute atomic E-state index is 0.141. The molecule has 6 nitrogen and oxygen atoms in total. The first-order valence-corrected chi connectivity index (χ1v) is 6.30. The number of hydrogen-bond donors (Lipinski definition) is 3. The Morgan fingerprint density at radius 3 is 2.61 bits per heavy atom. The van der Waals surface area contributed by atoms with Crippen molar-refractivity contribution in [1.82, 2.24) is 10.6 Å². The predicted octanol–water partition coefficient (Wildman–Crippen LogP) is 0.964. The Balaban J connectivity index is 2.39. The van der Waals surface area contributed by atoms with E-state index in [1.54, 1.807) is 6.92 Å². The monoisotopic (exact) mass is 258 g/mol. The third kappa shape index (κ3) is 3.60. The van der Waals surface area contributed by atoms with Gasteiger partial charge in [0.2, 0.25) is 0 Å². The van der Waals surface area contributed by atoms with E-state index in [2.05, 4.69) is 10.6 Å². The van der Waals surface area contributed by atoms with Gasteiger partial charge in [-0.25, -0.2) is 9.59 Å². The van der Waals surface area contributed by atoms with Crippen molar-refractivity contribution in [2.75, 3.05) is 13.2 Å². The van der Waals surface area contributed by atoms with Gasteiger partial charge in [-0.15, -0.1) is 0 Å². The van der Waals surface area contributed by atoms with E-state index in [0.717, 1.165) is 13.0 Å². The Morgan fingerprint density at radius 1 is 1.50 bits per heavy atom. The van der Waals surface area contributed by atoms with Crippen LogP contribution in [0.3, 0.4) is 0 Å². The maximum Gasteiger partial charge on any atom is 0.329 e. The molecule has 1 fully saturated rings. The van der Waals surface area contributed by atoms with Crippen LogP contribution in [-0.4, -0.2) is 41.9 Å². The summed E-state index contributed by atoms with van der Waals surface area (Å²) in [5.41, 5.74) is -1.22. The van der Waals surface area contributed by atoms with E-state index in [0.29, 0.717) is 18.9 Å². The standard InChI is InChI=1S/C12H22N2O4/c1-4-12(3,10(15)16)14-11(17)13-7-9-5-6-18-8(9)2/h8-9H,4-7H2,1-3H3,(H,15,16)(H2,13,14,17). The number of carbonyl (C=O) groups is 2. The lowest BCUT2D eigenvalue weighted by atomic mass is 9.99. The normalized spacial score (nSPS) is 26.4. The van der Waals surface area contributed by atoms with E-state index >= 15 is 0 Å². The molecule has 0 aromatic rings. The van der Waals surface area contributed by atoms with Crippen LogP contribution in [0.2, 0.25) is 0 Å². The summed E-state index contributed by atoms with van der Waals surface area (Å²) in [5, 5.41) is 14.2. The van der Waals surface area contributed by atoms with Crippen LogP contribution in [0.1, 0.15) is 33.6 Å². The van der Waals surface area contributed by atoms with Crippen LogP contribution in [0, 0.1) is 5.92 Å². The van der Waals surface area contributed by atoms with Crippen LogP contribution in [0.15, 0.2) is 0 Å². The topological polar surface area (TPSA) is 87.7 Å². The van der Waals surface area contributed by atoms with Crippen molar-refractivity contribution in [1.29, 1.82) is 0 Å². The molecule has 3 atom stereocenters. The minimum atomic E-state index is -1.22. The number of ether oxygens (including phenoxy) is 1. The minimum Gasteiger partial charge on any atom is -0.480 e. The molecule has 3 N–H and O–H groups in total. The van der Waals surface area contributed by atoms with Crippen molar-refractivity contribution < 1.29 is 19.4 Å². The Bertz CT molecular complexity index is 321. The molecular formula is C12H22N2O4. The van der Waals surface area contributed by atoms with Crippen molar-refractivity contribution in [2.24, 2.45) is 5.92 Å². The van der Waals surface area contributed by atoms with Gasteiger partial charge >= 0.3 is 12.0 Å². The fourth-order valence-electron chi connectivity index (χ4n) is 1.86. The molecule has 0 aromatic heterocycles. The Labute approximate surface area is 107 Å². The fourth-order valence-corrected chi connectivity index (χ4v) is 1.86. The molecule has 1 saturated heterocycles. The second-order valence-corrected chi connectivity index (χ2v) is 4.95. The second kappa shape index (κ2) is 6.04. The molecule has 104 valence electrons. The van der Waals surface area contributed by atoms with Gasteiger partial charge in [-0.1, -0.05) is 6.92 Å². The molecule has 0 spiro atoms. The predicted molar refractivity (Wildman–Crippen MR) is 66.4 cm³/mol. The molecule has 6 heteroatoms.